The van der Waals surface area contributed by atoms with E-state index in [0.717, 1.165) is 25.8 Å². The number of rotatable bonds is 6. The zero-order chi connectivity index (χ0) is 14.5. The molecule has 1 heterocycles. The first-order chi connectivity index (χ1) is 9.59. The molecule has 0 amide bonds. The van der Waals surface area contributed by atoms with Crippen LogP contribution in [0, 0.1) is 5.92 Å². The van der Waals surface area contributed by atoms with E-state index in [-0.39, 0.29) is 5.69 Å². The summed E-state index contributed by atoms with van der Waals surface area (Å²) in [5.41, 5.74) is 0.0724. The van der Waals surface area contributed by atoms with Gasteiger partial charge in [0.25, 0.3) is 0 Å². The second kappa shape index (κ2) is 6.68. The molecule has 0 atom stereocenters. The highest BCUT2D eigenvalue weighted by Crippen LogP contribution is 2.29. The number of anilines is 1. The number of aromatic nitrogens is 2. The maximum atomic E-state index is 11.4. The van der Waals surface area contributed by atoms with E-state index in [4.69, 9.17) is 0 Å². The number of carboxylic acids is 1. The van der Waals surface area contributed by atoms with E-state index < -0.39 is 5.97 Å². The standard InChI is InChI=1S/C15H23N3O2/c1-11(2)7-10-18(12-5-3-4-6-12)14-13(15(19)20)16-8-9-17-14/h8-9,11-12H,3-7,10H2,1-2H3,(H,19,20). The van der Waals surface area contributed by atoms with Gasteiger partial charge >= 0.3 is 5.97 Å². The van der Waals surface area contributed by atoms with Crippen LogP contribution in [-0.2, 0) is 0 Å². The quantitative estimate of drug-likeness (QED) is 0.866. The molecular formula is C15H23N3O2. The molecule has 1 N–H and O–H groups in total. The molecule has 110 valence electrons. The Kier molecular flexibility index (Phi) is 4.93. The maximum Gasteiger partial charge on any atom is 0.358 e. The van der Waals surface area contributed by atoms with Gasteiger partial charge in [0.05, 0.1) is 0 Å². The van der Waals surface area contributed by atoms with Crippen LogP contribution in [0.5, 0.6) is 0 Å². The van der Waals surface area contributed by atoms with E-state index >= 15 is 0 Å². The smallest absolute Gasteiger partial charge is 0.358 e. The fraction of sp³-hybridized carbons (Fsp3) is 0.667. The zero-order valence-electron chi connectivity index (χ0n) is 12.2. The van der Waals surface area contributed by atoms with Gasteiger partial charge in [0.15, 0.2) is 11.5 Å². The van der Waals surface area contributed by atoms with Gasteiger partial charge in [-0.25, -0.2) is 14.8 Å². The fourth-order valence-electron chi connectivity index (χ4n) is 2.77. The van der Waals surface area contributed by atoms with Gasteiger partial charge in [0.1, 0.15) is 0 Å². The van der Waals surface area contributed by atoms with Crippen LogP contribution in [0.2, 0.25) is 0 Å². The Morgan fingerprint density at radius 3 is 2.60 bits per heavy atom. The number of hydrogen-bond donors (Lipinski definition) is 1. The second-order valence-electron chi connectivity index (χ2n) is 5.85. The minimum Gasteiger partial charge on any atom is -0.476 e. The molecule has 0 radical (unpaired) electrons. The molecule has 1 fully saturated rings. The van der Waals surface area contributed by atoms with Gasteiger partial charge in [-0.15, -0.1) is 0 Å². The normalized spacial score (nSPS) is 15.8. The number of hydrogen-bond acceptors (Lipinski definition) is 4. The highest BCUT2D eigenvalue weighted by atomic mass is 16.4. The second-order valence-corrected chi connectivity index (χ2v) is 5.85. The number of aromatic carboxylic acids is 1. The SMILES string of the molecule is CC(C)CCN(c1nccnc1C(=O)O)C1CCCC1. The van der Waals surface area contributed by atoms with Crippen molar-refractivity contribution in [1.82, 2.24) is 9.97 Å². The van der Waals surface area contributed by atoms with Crippen molar-refractivity contribution in [2.24, 2.45) is 5.92 Å². The van der Waals surface area contributed by atoms with Crippen LogP contribution >= 0.6 is 0 Å². The molecule has 1 aromatic heterocycles. The van der Waals surface area contributed by atoms with Gasteiger partial charge in [-0.1, -0.05) is 26.7 Å². The number of nitrogens with zero attached hydrogens (tertiary/aromatic N) is 3. The van der Waals surface area contributed by atoms with E-state index in [0.29, 0.717) is 17.8 Å². The average Bonchev–Trinajstić information content (AvgIpc) is 2.93. The van der Waals surface area contributed by atoms with Crippen LogP contribution in [0.15, 0.2) is 12.4 Å². The Bertz CT molecular complexity index is 456. The first kappa shape index (κ1) is 14.8. The molecule has 1 saturated carbocycles. The molecule has 0 unspecified atom stereocenters. The van der Waals surface area contributed by atoms with E-state index in [2.05, 4.69) is 28.7 Å². The number of carboxylic acid groups (broad SMARTS) is 1. The van der Waals surface area contributed by atoms with Crippen molar-refractivity contribution in [1.29, 1.82) is 0 Å². The van der Waals surface area contributed by atoms with Crippen molar-refractivity contribution in [3.05, 3.63) is 18.1 Å². The third-order valence-corrected chi connectivity index (χ3v) is 3.87. The predicted molar refractivity (Wildman–Crippen MR) is 78.0 cm³/mol. The minimum absolute atomic E-state index is 0.0724. The van der Waals surface area contributed by atoms with Crippen molar-refractivity contribution >= 4 is 11.8 Å². The molecule has 0 saturated heterocycles. The van der Waals surface area contributed by atoms with Crippen LogP contribution in [0.25, 0.3) is 0 Å². The summed E-state index contributed by atoms with van der Waals surface area (Å²) < 4.78 is 0. The average molecular weight is 277 g/mol. The molecule has 1 aliphatic rings. The Hall–Kier alpha value is -1.65. The van der Waals surface area contributed by atoms with Crippen molar-refractivity contribution in [2.75, 3.05) is 11.4 Å². The van der Waals surface area contributed by atoms with Crippen molar-refractivity contribution in [3.8, 4) is 0 Å². The Morgan fingerprint density at radius 2 is 2.00 bits per heavy atom. The fourth-order valence-corrected chi connectivity index (χ4v) is 2.77. The maximum absolute atomic E-state index is 11.4. The lowest BCUT2D eigenvalue weighted by Crippen LogP contribution is -2.36. The van der Waals surface area contributed by atoms with E-state index in [1.807, 2.05) is 0 Å². The summed E-state index contributed by atoms with van der Waals surface area (Å²) in [4.78, 5) is 21.8. The first-order valence-electron chi connectivity index (χ1n) is 7.40. The summed E-state index contributed by atoms with van der Waals surface area (Å²) in [7, 11) is 0. The largest absolute Gasteiger partial charge is 0.476 e. The van der Waals surface area contributed by atoms with Crippen LogP contribution in [0.1, 0.15) is 56.4 Å². The molecule has 20 heavy (non-hydrogen) atoms. The molecule has 1 aromatic rings. The topological polar surface area (TPSA) is 66.3 Å². The molecule has 5 nitrogen and oxygen atoms in total. The van der Waals surface area contributed by atoms with Crippen LogP contribution in [0.3, 0.4) is 0 Å². The number of carbonyl (C=O) groups is 1. The highest BCUT2D eigenvalue weighted by Gasteiger charge is 2.27. The molecule has 0 bridgehead atoms. The lowest BCUT2D eigenvalue weighted by atomic mass is 10.1. The van der Waals surface area contributed by atoms with Crippen LogP contribution in [0.4, 0.5) is 5.82 Å². The van der Waals surface area contributed by atoms with E-state index in [9.17, 15) is 9.90 Å². The molecular weight excluding hydrogens is 254 g/mol. The van der Waals surface area contributed by atoms with Gasteiger partial charge in [-0.3, -0.25) is 0 Å². The van der Waals surface area contributed by atoms with Gasteiger partial charge in [0, 0.05) is 25.0 Å². The Balaban J connectivity index is 2.27. The predicted octanol–water partition coefficient (Wildman–Crippen LogP) is 2.97. The van der Waals surface area contributed by atoms with Gasteiger partial charge in [0.2, 0.25) is 0 Å². The summed E-state index contributed by atoms with van der Waals surface area (Å²) in [6.45, 7) is 5.21. The Labute approximate surface area is 120 Å². The molecule has 2 rings (SSSR count). The molecule has 0 aliphatic heterocycles. The van der Waals surface area contributed by atoms with Gasteiger partial charge in [-0.05, 0) is 25.2 Å². The van der Waals surface area contributed by atoms with Crippen molar-refractivity contribution < 1.29 is 9.90 Å². The lowest BCUT2D eigenvalue weighted by molar-refractivity contribution is 0.0690. The van der Waals surface area contributed by atoms with Crippen molar-refractivity contribution in [3.63, 3.8) is 0 Å². The summed E-state index contributed by atoms with van der Waals surface area (Å²) in [6, 6.07) is 0.406. The summed E-state index contributed by atoms with van der Waals surface area (Å²) in [6.07, 6.45) is 8.73. The lowest BCUT2D eigenvalue weighted by Gasteiger charge is -2.31. The third kappa shape index (κ3) is 3.46. The third-order valence-electron chi connectivity index (χ3n) is 3.87. The Morgan fingerprint density at radius 1 is 1.35 bits per heavy atom. The van der Waals surface area contributed by atoms with Gasteiger partial charge < -0.3 is 10.0 Å². The van der Waals surface area contributed by atoms with E-state index in [1.54, 1.807) is 6.20 Å². The van der Waals surface area contributed by atoms with E-state index in [1.165, 1.54) is 19.0 Å². The summed E-state index contributed by atoms with van der Waals surface area (Å²) in [5, 5.41) is 9.31. The highest BCUT2D eigenvalue weighted by molar-refractivity contribution is 5.91. The molecule has 0 spiro atoms. The summed E-state index contributed by atoms with van der Waals surface area (Å²) >= 11 is 0. The first-order valence-corrected chi connectivity index (χ1v) is 7.40. The molecule has 0 aromatic carbocycles. The van der Waals surface area contributed by atoms with Gasteiger partial charge in [-0.2, -0.15) is 0 Å². The summed E-state index contributed by atoms with van der Waals surface area (Å²) in [5.74, 6) is 0.122. The molecule has 5 heteroatoms. The van der Waals surface area contributed by atoms with Crippen LogP contribution < -0.4 is 4.90 Å². The zero-order valence-corrected chi connectivity index (χ0v) is 12.2. The van der Waals surface area contributed by atoms with Crippen LogP contribution in [-0.4, -0.2) is 33.6 Å². The van der Waals surface area contributed by atoms with Crippen molar-refractivity contribution in [2.45, 2.75) is 52.0 Å². The molecule has 1 aliphatic carbocycles. The monoisotopic (exact) mass is 277 g/mol. The minimum atomic E-state index is -0.999.